The molecule has 0 heterocycles. The van der Waals surface area contributed by atoms with Gasteiger partial charge in [-0.2, -0.15) is 0 Å². The average molecular weight is 1290 g/mol. The van der Waals surface area contributed by atoms with Crippen molar-refractivity contribution in [1.29, 1.82) is 0 Å². The molecule has 0 aliphatic rings. The second-order valence-corrected chi connectivity index (χ2v) is 30.0. The summed E-state index contributed by atoms with van der Waals surface area (Å²) in [5.41, 5.74) is 5.91. The van der Waals surface area contributed by atoms with E-state index in [1.165, 1.54) is 62.9 Å². The van der Waals surface area contributed by atoms with Crippen LogP contribution in [-0.2, 0) is 21.1 Å². The van der Waals surface area contributed by atoms with Crippen LogP contribution in [-0.4, -0.2) is 16.1 Å². The zero-order valence-electron chi connectivity index (χ0n) is 44.9. The van der Waals surface area contributed by atoms with Gasteiger partial charge in [0, 0.05) is 0 Å². The molecule has 0 atom stereocenters. The van der Waals surface area contributed by atoms with Crippen molar-refractivity contribution in [3.8, 4) is 11.1 Å². The quantitative estimate of drug-likeness (QED) is 0.0376. The van der Waals surface area contributed by atoms with Crippen LogP contribution in [0.25, 0.3) is 0 Å². The predicted octanol–water partition coefficient (Wildman–Crippen LogP) is 11.5. The van der Waals surface area contributed by atoms with E-state index in [9.17, 15) is 0 Å². The molecule has 0 fully saturated rings. The Labute approximate surface area is 500 Å². The van der Waals surface area contributed by atoms with Gasteiger partial charge in [0.05, 0.1) is 0 Å². The molecule has 0 spiro atoms. The van der Waals surface area contributed by atoms with Crippen LogP contribution in [0.2, 0.25) is 0 Å². The average Bonchev–Trinajstić information content (AvgIpc) is 3.64. The van der Waals surface area contributed by atoms with Crippen molar-refractivity contribution < 1.29 is 21.1 Å². The summed E-state index contributed by atoms with van der Waals surface area (Å²) in [6.07, 6.45) is 16.3. The van der Waals surface area contributed by atoms with Gasteiger partial charge < -0.3 is 23.9 Å². The van der Waals surface area contributed by atoms with Gasteiger partial charge in [-0.15, -0.1) is 0 Å². The van der Waals surface area contributed by atoms with E-state index >= 15 is 0 Å². The van der Waals surface area contributed by atoms with Crippen LogP contribution >= 0.6 is 15.8 Å². The van der Waals surface area contributed by atoms with Gasteiger partial charge in [0.2, 0.25) is 0 Å². The van der Waals surface area contributed by atoms with E-state index in [0.717, 1.165) is 0 Å². The van der Waals surface area contributed by atoms with Gasteiger partial charge in [0.15, 0.2) is 16.1 Å². The third kappa shape index (κ3) is 14.8. The zero-order chi connectivity index (χ0) is 54.9. The molecule has 12 aromatic rings. The van der Waals surface area contributed by atoms with E-state index in [-0.39, 0.29) is 21.1 Å². The van der Waals surface area contributed by atoms with Crippen molar-refractivity contribution in [2.24, 2.45) is 0 Å². The van der Waals surface area contributed by atoms with Crippen LogP contribution in [0.5, 0.6) is 0 Å². The molecule has 392 valence electrons. The third-order valence-corrected chi connectivity index (χ3v) is 26.5. The summed E-state index contributed by atoms with van der Waals surface area (Å²) in [6, 6.07) is 127. The van der Waals surface area contributed by atoms with E-state index in [0.29, 0.717) is 0 Å². The minimum Gasteiger partial charge on any atom is -0.700 e. The number of hydrogen-bond donors (Lipinski definition) is 0. The van der Waals surface area contributed by atoms with Crippen LogP contribution in [0.4, 0.5) is 0 Å². The molecule has 0 aromatic heterocycles. The van der Waals surface area contributed by atoms with E-state index in [2.05, 4.69) is 266 Å². The molecule has 0 radical (unpaired) electrons. The molecule has 0 N–H and O–H groups in total. The molecule has 0 amide bonds. The minimum atomic E-state index is -2.48. The molecule has 0 bridgehead atoms. The molecule has 0 saturated heterocycles. The SMILES string of the molecule is [C-]#C[Si](c1ccccc1)(c1ccccc1)c1ccccc1.[C-]#C[Si](c1ccccc1)(c1ccccc1)c1ccccc1.[Pt+2].c1ccc(P(c2ccccc2)c2ccccc2)cc1.c1ccc(P(c2ccccc2)c2ccccc2)cc1. The van der Waals surface area contributed by atoms with Gasteiger partial charge in [-0.05, 0) is 78.8 Å². The van der Waals surface area contributed by atoms with Crippen molar-refractivity contribution in [3.05, 3.63) is 377 Å². The standard InChI is InChI=1S/2C20H15Si.2C18H15P.Pt/c2*1-2-21(18-12-6-3-7-13-18,19-14-8-4-9-15-19)20-16-10-5-11-17-20;2*1-4-10-16(11-5-1)19(17-12-6-2-7-13-17)18-14-8-3-9-15-18;/h2*3-17H;2*1-15H;/q2*-1;;;+2. The second kappa shape index (κ2) is 30.9. The van der Waals surface area contributed by atoms with Gasteiger partial charge in [-0.1, -0.05) is 364 Å². The van der Waals surface area contributed by atoms with Gasteiger partial charge in [0.25, 0.3) is 0 Å². The van der Waals surface area contributed by atoms with Crippen LogP contribution in [0.15, 0.2) is 364 Å². The van der Waals surface area contributed by atoms with Crippen molar-refractivity contribution in [1.82, 2.24) is 0 Å². The topological polar surface area (TPSA) is 0 Å². The monoisotopic (exact) mass is 1290 g/mol. The van der Waals surface area contributed by atoms with Crippen LogP contribution < -0.4 is 62.9 Å². The maximum Gasteiger partial charge on any atom is 2.00 e. The van der Waals surface area contributed by atoms with Crippen molar-refractivity contribution in [2.75, 3.05) is 0 Å². The summed E-state index contributed by atoms with van der Waals surface area (Å²) in [4.78, 5) is 0. The zero-order valence-corrected chi connectivity index (χ0v) is 50.9. The molecule has 0 aliphatic carbocycles. The first-order chi connectivity index (χ1) is 39.7. The Bertz CT molecular complexity index is 3110. The van der Waals surface area contributed by atoms with Crippen LogP contribution in [0, 0.1) is 23.9 Å². The molecule has 0 aliphatic heterocycles. The Kier molecular flexibility index (Phi) is 22.5. The summed E-state index contributed by atoms with van der Waals surface area (Å²) < 4.78 is 0. The first-order valence-corrected chi connectivity index (χ1v) is 33.5. The van der Waals surface area contributed by atoms with Crippen LogP contribution in [0.1, 0.15) is 0 Å². The van der Waals surface area contributed by atoms with Crippen LogP contribution in [0.3, 0.4) is 0 Å². The van der Waals surface area contributed by atoms with E-state index in [1.54, 1.807) is 0 Å². The Morgan fingerprint density at radius 3 is 0.407 bits per heavy atom. The Morgan fingerprint density at radius 2 is 0.296 bits per heavy atom. The fraction of sp³-hybridized carbons (Fsp3) is 0. The molecule has 0 unspecified atom stereocenters. The number of hydrogen-bond acceptors (Lipinski definition) is 0. The second-order valence-electron chi connectivity index (χ2n) is 18.6. The maximum absolute atomic E-state index is 8.13. The van der Waals surface area contributed by atoms with E-state index in [1.807, 2.05) is 109 Å². The normalized spacial score (nSPS) is 10.6. The van der Waals surface area contributed by atoms with E-state index in [4.69, 9.17) is 12.8 Å². The molecule has 12 aromatic carbocycles. The summed E-state index contributed by atoms with van der Waals surface area (Å²) in [7, 11) is -5.85. The molecular weight excluding hydrogens is 1230 g/mol. The van der Waals surface area contributed by atoms with Gasteiger partial charge in [-0.25, -0.2) is 0 Å². The first kappa shape index (κ1) is 58.9. The largest absolute Gasteiger partial charge is 2.00 e. The smallest absolute Gasteiger partial charge is 0.700 e. The molecule has 5 heteroatoms. The Hall–Kier alpha value is -8.26. The maximum atomic E-state index is 8.13. The summed E-state index contributed by atoms with van der Waals surface area (Å²) in [5, 5.41) is 15.5. The summed E-state index contributed by atoms with van der Waals surface area (Å²) >= 11 is 0. The van der Waals surface area contributed by atoms with Crippen molar-refractivity contribution in [2.45, 2.75) is 0 Å². The summed E-state index contributed by atoms with van der Waals surface area (Å²) in [6.45, 7) is 0. The van der Waals surface area contributed by atoms with Gasteiger partial charge in [0.1, 0.15) is 0 Å². The summed E-state index contributed by atoms with van der Waals surface area (Å²) in [5.74, 6) is 0. The van der Waals surface area contributed by atoms with Crippen molar-refractivity contribution in [3.63, 3.8) is 0 Å². The number of benzene rings is 12. The fourth-order valence-corrected chi connectivity index (χ4v) is 21.5. The minimum absolute atomic E-state index is 0. The predicted molar refractivity (Wildman–Crippen MR) is 353 cm³/mol. The number of rotatable bonds is 12. The molecule has 12 rings (SSSR count). The molecule has 0 nitrogen and oxygen atoms in total. The Balaban J connectivity index is 0.000000141. The molecule has 0 saturated carbocycles. The molecule has 81 heavy (non-hydrogen) atoms. The molecular formula is C76H60P2PtSi2. The van der Waals surface area contributed by atoms with Gasteiger partial charge >= 0.3 is 21.1 Å². The van der Waals surface area contributed by atoms with E-state index < -0.39 is 32.0 Å². The first-order valence-electron chi connectivity index (χ1n) is 26.8. The van der Waals surface area contributed by atoms with Crippen molar-refractivity contribution >= 4 is 94.9 Å². The fourth-order valence-electron chi connectivity index (χ4n) is 9.92. The van der Waals surface area contributed by atoms with Gasteiger partial charge in [-0.3, -0.25) is 0 Å². The Morgan fingerprint density at radius 1 is 0.185 bits per heavy atom. The third-order valence-electron chi connectivity index (χ3n) is 13.7.